The van der Waals surface area contributed by atoms with Crippen molar-refractivity contribution < 1.29 is 4.42 Å². The van der Waals surface area contributed by atoms with Gasteiger partial charge in [0.2, 0.25) is 0 Å². The minimum Gasteiger partial charge on any atom is -0.468 e. The van der Waals surface area contributed by atoms with Crippen molar-refractivity contribution in [3.63, 3.8) is 0 Å². The highest BCUT2D eigenvalue weighted by atomic mass is 16.3. The van der Waals surface area contributed by atoms with E-state index in [4.69, 9.17) is 4.42 Å². The van der Waals surface area contributed by atoms with E-state index in [1.54, 1.807) is 6.26 Å². The zero-order valence-corrected chi connectivity index (χ0v) is 11.6. The summed E-state index contributed by atoms with van der Waals surface area (Å²) in [5.74, 6) is 1.09. The van der Waals surface area contributed by atoms with Crippen LogP contribution in [0.4, 0.5) is 0 Å². The summed E-state index contributed by atoms with van der Waals surface area (Å²) in [6, 6.07) is 2.67. The molecule has 1 heterocycles. The fraction of sp³-hybridized carbons (Fsp3) is 0.714. The molecule has 0 aliphatic rings. The first-order valence-corrected chi connectivity index (χ1v) is 6.65. The first-order valence-electron chi connectivity index (χ1n) is 6.65. The van der Waals surface area contributed by atoms with Gasteiger partial charge in [0, 0.05) is 18.2 Å². The van der Waals surface area contributed by atoms with Crippen LogP contribution in [0.5, 0.6) is 0 Å². The van der Waals surface area contributed by atoms with E-state index in [-0.39, 0.29) is 0 Å². The van der Waals surface area contributed by atoms with Crippen LogP contribution in [-0.2, 0) is 13.1 Å². The molecule has 0 spiro atoms. The Balaban J connectivity index is 2.50. The number of hydrogen-bond donors (Lipinski definition) is 1. The Morgan fingerprint density at radius 3 is 2.82 bits per heavy atom. The molecule has 0 saturated carbocycles. The van der Waals surface area contributed by atoms with Gasteiger partial charge >= 0.3 is 0 Å². The van der Waals surface area contributed by atoms with Gasteiger partial charge in [-0.25, -0.2) is 0 Å². The molecular formula is C14H26N2O. The Morgan fingerprint density at radius 1 is 1.41 bits per heavy atom. The van der Waals surface area contributed by atoms with Crippen molar-refractivity contribution in [1.29, 1.82) is 0 Å². The van der Waals surface area contributed by atoms with Gasteiger partial charge in [-0.15, -0.1) is 0 Å². The lowest BCUT2D eigenvalue weighted by Gasteiger charge is -2.22. The van der Waals surface area contributed by atoms with Crippen LogP contribution in [-0.4, -0.2) is 24.5 Å². The monoisotopic (exact) mass is 238 g/mol. The summed E-state index contributed by atoms with van der Waals surface area (Å²) < 4.78 is 5.58. The maximum absolute atomic E-state index is 5.58. The van der Waals surface area contributed by atoms with Gasteiger partial charge in [0.25, 0.3) is 0 Å². The lowest BCUT2D eigenvalue weighted by Crippen LogP contribution is -2.28. The molecular weight excluding hydrogens is 212 g/mol. The van der Waals surface area contributed by atoms with Crippen LogP contribution in [0.1, 0.15) is 44.9 Å². The van der Waals surface area contributed by atoms with Gasteiger partial charge in [-0.3, -0.25) is 4.90 Å². The molecule has 0 radical (unpaired) electrons. The Kier molecular flexibility index (Phi) is 6.30. The van der Waals surface area contributed by atoms with E-state index in [9.17, 15) is 0 Å². The molecule has 1 rings (SSSR count). The predicted molar refractivity (Wildman–Crippen MR) is 71.9 cm³/mol. The van der Waals surface area contributed by atoms with Crippen LogP contribution in [0.25, 0.3) is 0 Å². The first kappa shape index (κ1) is 14.3. The second-order valence-corrected chi connectivity index (χ2v) is 4.72. The van der Waals surface area contributed by atoms with E-state index >= 15 is 0 Å². The minimum atomic E-state index is 0.594. The molecule has 1 aromatic rings. The molecule has 1 N–H and O–H groups in total. The summed E-state index contributed by atoms with van der Waals surface area (Å²) >= 11 is 0. The second kappa shape index (κ2) is 7.51. The van der Waals surface area contributed by atoms with E-state index in [2.05, 4.69) is 44.1 Å². The van der Waals surface area contributed by atoms with Gasteiger partial charge < -0.3 is 9.73 Å². The summed E-state index contributed by atoms with van der Waals surface area (Å²) in [5, 5.41) is 3.42. The van der Waals surface area contributed by atoms with Crippen molar-refractivity contribution in [2.45, 2.75) is 52.7 Å². The van der Waals surface area contributed by atoms with E-state index in [1.165, 1.54) is 18.4 Å². The average Bonchev–Trinajstić information content (AvgIpc) is 2.76. The normalized spacial score (nSPS) is 13.2. The van der Waals surface area contributed by atoms with Crippen molar-refractivity contribution in [3.05, 3.63) is 23.7 Å². The standard InChI is InChI=1S/C14H26N2O/c1-5-8-15-10-13-7-9-17-14(13)11-16(4)12(3)6-2/h7,9,12,15H,5-6,8,10-11H2,1-4H3. The first-order chi connectivity index (χ1) is 8.19. The number of furan rings is 1. The largest absolute Gasteiger partial charge is 0.468 e. The number of nitrogens with one attached hydrogen (secondary N) is 1. The van der Waals surface area contributed by atoms with Crippen molar-refractivity contribution in [1.82, 2.24) is 10.2 Å². The minimum absolute atomic E-state index is 0.594. The number of nitrogens with zero attached hydrogens (tertiary/aromatic N) is 1. The van der Waals surface area contributed by atoms with Crippen LogP contribution in [0.3, 0.4) is 0 Å². The Morgan fingerprint density at radius 2 is 2.18 bits per heavy atom. The molecule has 0 aliphatic carbocycles. The van der Waals surface area contributed by atoms with Gasteiger partial charge in [-0.05, 0) is 39.4 Å². The van der Waals surface area contributed by atoms with Gasteiger partial charge in [0.1, 0.15) is 5.76 Å². The Hall–Kier alpha value is -0.800. The molecule has 0 aromatic carbocycles. The summed E-state index contributed by atoms with van der Waals surface area (Å²) in [7, 11) is 2.15. The molecule has 1 unspecified atom stereocenters. The Labute approximate surface area is 105 Å². The fourth-order valence-corrected chi connectivity index (χ4v) is 1.76. The van der Waals surface area contributed by atoms with Crippen molar-refractivity contribution >= 4 is 0 Å². The molecule has 0 fully saturated rings. The van der Waals surface area contributed by atoms with E-state index in [1.807, 2.05) is 0 Å². The molecule has 3 heteroatoms. The van der Waals surface area contributed by atoms with Crippen LogP contribution in [0.15, 0.2) is 16.7 Å². The summed E-state index contributed by atoms with van der Waals surface area (Å²) in [4.78, 5) is 2.34. The quantitative estimate of drug-likeness (QED) is 0.706. The molecule has 1 aromatic heterocycles. The molecule has 1 atom stereocenters. The maximum Gasteiger partial charge on any atom is 0.122 e. The molecule has 0 saturated heterocycles. The van der Waals surface area contributed by atoms with E-state index in [0.29, 0.717) is 6.04 Å². The topological polar surface area (TPSA) is 28.4 Å². The highest BCUT2D eigenvalue weighted by Gasteiger charge is 2.12. The SMILES string of the molecule is CCCNCc1ccoc1CN(C)C(C)CC. The molecule has 0 amide bonds. The van der Waals surface area contributed by atoms with Gasteiger partial charge in [0.05, 0.1) is 12.8 Å². The zero-order chi connectivity index (χ0) is 12.7. The van der Waals surface area contributed by atoms with Gasteiger partial charge in [-0.2, -0.15) is 0 Å². The molecule has 3 nitrogen and oxygen atoms in total. The summed E-state index contributed by atoms with van der Waals surface area (Å²) in [6.07, 6.45) is 4.13. The smallest absolute Gasteiger partial charge is 0.122 e. The molecule has 17 heavy (non-hydrogen) atoms. The third-order valence-electron chi connectivity index (χ3n) is 3.32. The van der Waals surface area contributed by atoms with Gasteiger partial charge in [0.15, 0.2) is 0 Å². The van der Waals surface area contributed by atoms with Crippen molar-refractivity contribution in [2.75, 3.05) is 13.6 Å². The third-order valence-corrected chi connectivity index (χ3v) is 3.32. The summed E-state index contributed by atoms with van der Waals surface area (Å²) in [6.45, 7) is 9.51. The fourth-order valence-electron chi connectivity index (χ4n) is 1.76. The highest BCUT2D eigenvalue weighted by Crippen LogP contribution is 2.14. The average molecular weight is 238 g/mol. The third kappa shape index (κ3) is 4.52. The van der Waals surface area contributed by atoms with Crippen LogP contribution in [0.2, 0.25) is 0 Å². The highest BCUT2D eigenvalue weighted by molar-refractivity contribution is 5.16. The van der Waals surface area contributed by atoms with Crippen molar-refractivity contribution in [2.24, 2.45) is 0 Å². The zero-order valence-electron chi connectivity index (χ0n) is 11.6. The summed E-state index contributed by atoms with van der Waals surface area (Å²) in [5.41, 5.74) is 1.29. The molecule has 0 bridgehead atoms. The van der Waals surface area contributed by atoms with E-state index < -0.39 is 0 Å². The lowest BCUT2D eigenvalue weighted by molar-refractivity contribution is 0.224. The lowest BCUT2D eigenvalue weighted by atomic mass is 10.2. The van der Waals surface area contributed by atoms with Crippen molar-refractivity contribution in [3.8, 4) is 0 Å². The van der Waals surface area contributed by atoms with E-state index in [0.717, 1.165) is 25.4 Å². The van der Waals surface area contributed by atoms with Crippen LogP contribution < -0.4 is 5.32 Å². The molecule has 98 valence electrons. The second-order valence-electron chi connectivity index (χ2n) is 4.72. The van der Waals surface area contributed by atoms with Crippen LogP contribution in [0, 0.1) is 0 Å². The van der Waals surface area contributed by atoms with Gasteiger partial charge in [-0.1, -0.05) is 13.8 Å². The number of hydrogen-bond acceptors (Lipinski definition) is 3. The maximum atomic E-state index is 5.58. The predicted octanol–water partition coefficient (Wildman–Crippen LogP) is 3.01. The molecule has 0 aliphatic heterocycles. The van der Waals surface area contributed by atoms with Crippen LogP contribution >= 0.6 is 0 Å². The number of rotatable bonds is 8. The Bertz CT molecular complexity index is 309.